The molecule has 0 fully saturated rings. The van der Waals surface area contributed by atoms with Gasteiger partial charge in [0.1, 0.15) is 5.60 Å². The van der Waals surface area contributed by atoms with Crippen LogP contribution in [0.5, 0.6) is 0 Å². The smallest absolute Gasteiger partial charge is 0.311 e. The Balaban J connectivity index is 2.10. The van der Waals surface area contributed by atoms with Crippen LogP contribution >= 0.6 is 0 Å². The van der Waals surface area contributed by atoms with E-state index in [0.717, 1.165) is 17.5 Å². The van der Waals surface area contributed by atoms with E-state index in [0.29, 0.717) is 25.9 Å². The van der Waals surface area contributed by atoms with Crippen LogP contribution in [0, 0.1) is 5.92 Å². The van der Waals surface area contributed by atoms with Crippen LogP contribution in [0.3, 0.4) is 0 Å². The van der Waals surface area contributed by atoms with Gasteiger partial charge in [0, 0.05) is 12.5 Å². The summed E-state index contributed by atoms with van der Waals surface area (Å²) in [6.07, 6.45) is 2.46. The molecule has 0 saturated carbocycles. The van der Waals surface area contributed by atoms with Crippen LogP contribution in [0.25, 0.3) is 0 Å². The number of nitrogens with two attached hydrogens (primary N) is 1. The Morgan fingerprint density at radius 2 is 2.00 bits per heavy atom. The second-order valence-corrected chi connectivity index (χ2v) is 7.54. The first-order valence-corrected chi connectivity index (χ1v) is 8.97. The minimum atomic E-state index is -0.515. The van der Waals surface area contributed by atoms with E-state index in [1.807, 2.05) is 32.9 Å². The summed E-state index contributed by atoms with van der Waals surface area (Å²) in [6, 6.07) is 5.73. The van der Waals surface area contributed by atoms with Gasteiger partial charge in [-0.15, -0.1) is 0 Å². The van der Waals surface area contributed by atoms with Crippen molar-refractivity contribution in [3.05, 3.63) is 34.9 Å². The summed E-state index contributed by atoms with van der Waals surface area (Å²) in [5.74, 6) is -0.759. The molecule has 25 heavy (non-hydrogen) atoms. The van der Waals surface area contributed by atoms with Crippen molar-refractivity contribution in [2.24, 2.45) is 11.7 Å². The highest BCUT2D eigenvalue weighted by molar-refractivity contribution is 5.75. The monoisotopic (exact) mass is 347 g/mol. The zero-order chi connectivity index (χ0) is 18.6. The molecule has 1 aliphatic rings. The molecular formula is C20H29NO4. The summed E-state index contributed by atoms with van der Waals surface area (Å²) in [7, 11) is 0. The van der Waals surface area contributed by atoms with Crippen molar-refractivity contribution in [2.75, 3.05) is 6.61 Å². The van der Waals surface area contributed by atoms with Crippen LogP contribution < -0.4 is 5.73 Å². The second kappa shape index (κ2) is 8.00. The van der Waals surface area contributed by atoms with Gasteiger partial charge in [0.2, 0.25) is 0 Å². The van der Waals surface area contributed by atoms with Gasteiger partial charge in [-0.05, 0) is 63.6 Å². The number of fused-ring (bicyclic) bond motifs is 1. The van der Waals surface area contributed by atoms with Crippen LogP contribution in [0.4, 0.5) is 0 Å². The van der Waals surface area contributed by atoms with Gasteiger partial charge in [-0.1, -0.05) is 18.2 Å². The number of benzene rings is 1. The third kappa shape index (κ3) is 5.30. The van der Waals surface area contributed by atoms with Gasteiger partial charge in [0.05, 0.1) is 12.5 Å². The fraction of sp³-hybridized carbons (Fsp3) is 0.600. The molecule has 2 rings (SSSR count). The minimum Gasteiger partial charge on any atom is -0.466 e. The van der Waals surface area contributed by atoms with Gasteiger partial charge >= 0.3 is 11.9 Å². The zero-order valence-electron chi connectivity index (χ0n) is 15.6. The minimum absolute atomic E-state index is 0.198. The maximum absolute atomic E-state index is 12.4. The van der Waals surface area contributed by atoms with Gasteiger partial charge in [0.15, 0.2) is 0 Å². The highest BCUT2D eigenvalue weighted by atomic mass is 16.6. The van der Waals surface area contributed by atoms with Crippen LogP contribution in [0.1, 0.15) is 63.3 Å². The highest BCUT2D eigenvalue weighted by Crippen LogP contribution is 2.35. The van der Waals surface area contributed by atoms with Crippen molar-refractivity contribution in [3.63, 3.8) is 0 Å². The van der Waals surface area contributed by atoms with E-state index in [1.165, 1.54) is 5.56 Å². The van der Waals surface area contributed by atoms with Crippen molar-refractivity contribution >= 4 is 11.9 Å². The molecule has 2 unspecified atom stereocenters. The fourth-order valence-corrected chi connectivity index (χ4v) is 3.17. The fourth-order valence-electron chi connectivity index (χ4n) is 3.17. The van der Waals surface area contributed by atoms with Gasteiger partial charge in [-0.2, -0.15) is 0 Å². The van der Waals surface area contributed by atoms with E-state index in [-0.39, 0.29) is 23.9 Å². The Labute approximate surface area is 149 Å². The molecule has 0 bridgehead atoms. The number of aryl methyl sites for hydroxylation is 2. The van der Waals surface area contributed by atoms with Crippen LogP contribution in [-0.4, -0.2) is 24.1 Å². The van der Waals surface area contributed by atoms with Gasteiger partial charge in [-0.3, -0.25) is 9.59 Å². The van der Waals surface area contributed by atoms with Crippen LogP contribution in [0.2, 0.25) is 0 Å². The number of esters is 2. The summed E-state index contributed by atoms with van der Waals surface area (Å²) in [4.78, 5) is 24.0. The first-order chi connectivity index (χ1) is 11.7. The SMILES string of the molecule is CCOC(=O)CCc1ccc2c(c1)C(N)C(C(=O)OC(C)(C)C)CC2. The van der Waals surface area contributed by atoms with Crippen LogP contribution in [-0.2, 0) is 31.9 Å². The summed E-state index contributed by atoms with van der Waals surface area (Å²) in [6.45, 7) is 7.78. The Hall–Kier alpha value is -1.88. The van der Waals surface area contributed by atoms with Crippen molar-refractivity contribution in [1.82, 2.24) is 0 Å². The molecule has 0 radical (unpaired) electrons. The van der Waals surface area contributed by atoms with E-state index in [4.69, 9.17) is 15.2 Å². The molecule has 2 atom stereocenters. The largest absolute Gasteiger partial charge is 0.466 e. The van der Waals surface area contributed by atoms with Crippen molar-refractivity contribution in [3.8, 4) is 0 Å². The highest BCUT2D eigenvalue weighted by Gasteiger charge is 2.35. The normalized spacial score (nSPS) is 19.9. The van der Waals surface area contributed by atoms with E-state index in [1.54, 1.807) is 6.92 Å². The standard InChI is InChI=1S/C20H29NO4/c1-5-24-17(22)11-7-13-6-8-14-9-10-15(18(21)16(14)12-13)19(23)25-20(2,3)4/h6,8,12,15,18H,5,7,9-11,21H2,1-4H3. The molecule has 1 aromatic rings. The molecule has 1 aromatic carbocycles. The molecule has 2 N–H and O–H groups in total. The van der Waals surface area contributed by atoms with Crippen LogP contribution in [0.15, 0.2) is 18.2 Å². The van der Waals surface area contributed by atoms with Crippen molar-refractivity contribution in [2.45, 2.75) is 65.0 Å². The lowest BCUT2D eigenvalue weighted by atomic mass is 9.79. The lowest BCUT2D eigenvalue weighted by Crippen LogP contribution is -2.37. The zero-order valence-corrected chi connectivity index (χ0v) is 15.6. The molecule has 0 heterocycles. The Bertz CT molecular complexity index is 633. The lowest BCUT2D eigenvalue weighted by Gasteiger charge is -2.32. The molecule has 0 aliphatic heterocycles. The molecule has 0 amide bonds. The predicted molar refractivity (Wildman–Crippen MR) is 96.0 cm³/mol. The topological polar surface area (TPSA) is 78.6 Å². The molecule has 1 aliphatic carbocycles. The summed E-state index contributed by atoms with van der Waals surface area (Å²) < 4.78 is 10.5. The van der Waals surface area contributed by atoms with Crippen molar-refractivity contribution in [1.29, 1.82) is 0 Å². The van der Waals surface area contributed by atoms with Crippen molar-refractivity contribution < 1.29 is 19.1 Å². The number of carbonyl (C=O) groups is 2. The molecule has 5 heteroatoms. The van der Waals surface area contributed by atoms with E-state index < -0.39 is 5.60 Å². The average molecular weight is 347 g/mol. The second-order valence-electron chi connectivity index (χ2n) is 7.54. The Morgan fingerprint density at radius 3 is 2.64 bits per heavy atom. The molecule has 5 nitrogen and oxygen atoms in total. The number of hydrogen-bond donors (Lipinski definition) is 1. The molecule has 138 valence electrons. The summed E-state index contributed by atoms with van der Waals surface area (Å²) in [5.41, 5.74) is 9.07. The summed E-state index contributed by atoms with van der Waals surface area (Å²) in [5, 5.41) is 0. The van der Waals surface area contributed by atoms with E-state index in [9.17, 15) is 9.59 Å². The third-order valence-electron chi connectivity index (χ3n) is 4.36. The first kappa shape index (κ1) is 19.4. The maximum Gasteiger partial charge on any atom is 0.311 e. The lowest BCUT2D eigenvalue weighted by molar-refractivity contribution is -0.161. The van der Waals surface area contributed by atoms with Gasteiger partial charge in [-0.25, -0.2) is 0 Å². The summed E-state index contributed by atoms with van der Waals surface area (Å²) >= 11 is 0. The van der Waals surface area contributed by atoms with Gasteiger partial charge < -0.3 is 15.2 Å². The number of hydrogen-bond acceptors (Lipinski definition) is 5. The molecule has 0 spiro atoms. The van der Waals surface area contributed by atoms with Gasteiger partial charge in [0.25, 0.3) is 0 Å². The number of carbonyl (C=O) groups excluding carboxylic acids is 2. The Kier molecular flexibility index (Phi) is 6.22. The molecule has 0 saturated heterocycles. The average Bonchev–Trinajstić information content (AvgIpc) is 2.52. The first-order valence-electron chi connectivity index (χ1n) is 8.97. The van der Waals surface area contributed by atoms with E-state index in [2.05, 4.69) is 6.07 Å². The Morgan fingerprint density at radius 1 is 1.28 bits per heavy atom. The quantitative estimate of drug-likeness (QED) is 0.828. The molecule has 0 aromatic heterocycles. The number of ether oxygens (including phenoxy) is 2. The van der Waals surface area contributed by atoms with E-state index >= 15 is 0 Å². The number of rotatable bonds is 5. The molecular weight excluding hydrogens is 318 g/mol. The third-order valence-corrected chi connectivity index (χ3v) is 4.36. The predicted octanol–water partition coefficient (Wildman–Crippen LogP) is 3.09. The maximum atomic E-state index is 12.4.